The number of nitrogens with zero attached hydrogens (tertiary/aromatic N) is 1. The minimum Gasteiger partial charge on any atom is -0.481 e. The number of hydrogen-bond donors (Lipinski definition) is 1. The van der Waals surface area contributed by atoms with Crippen molar-refractivity contribution < 1.29 is 14.1 Å². The summed E-state index contributed by atoms with van der Waals surface area (Å²) < 4.78 is 11.1. The highest BCUT2D eigenvalue weighted by Crippen LogP contribution is 2.10. The number of carboxylic acids is 1. The van der Waals surface area contributed by atoms with Gasteiger partial charge in [-0.25, -0.2) is 0 Å². The molecule has 4 nitrogen and oxygen atoms in total. The van der Waals surface area contributed by atoms with E-state index in [0.29, 0.717) is 12.5 Å². The minimum atomic E-state index is -0.738. The van der Waals surface area contributed by atoms with E-state index in [1.165, 1.54) is 0 Å². The van der Waals surface area contributed by atoms with Crippen LogP contribution in [0.1, 0.15) is 19.8 Å². The number of carbonyl (C=O) groups is 1. The molecule has 0 saturated carbocycles. The average molecular weight is 219 g/mol. The van der Waals surface area contributed by atoms with Crippen LogP contribution in [0, 0.1) is 0 Å². The largest absolute Gasteiger partial charge is 0.481 e. The molecule has 1 heterocycles. The fraction of sp³-hybridized carbons (Fsp3) is 0.889. The van der Waals surface area contributed by atoms with Gasteiger partial charge in [0.25, 0.3) is 0 Å². The molecule has 0 radical (unpaired) electrons. The lowest BCUT2D eigenvalue weighted by Crippen LogP contribution is -2.43. The first kappa shape index (κ1) is 11.7. The smallest absolute Gasteiger partial charge is 0.303 e. The Morgan fingerprint density at radius 1 is 1.50 bits per heavy atom. The highest BCUT2D eigenvalue weighted by atomic mass is 32.2. The summed E-state index contributed by atoms with van der Waals surface area (Å²) in [6.07, 6.45) is 0.905. The third kappa shape index (κ3) is 3.75. The van der Waals surface area contributed by atoms with Gasteiger partial charge < -0.3 is 5.11 Å². The summed E-state index contributed by atoms with van der Waals surface area (Å²) in [5.41, 5.74) is 0. The molecule has 1 fully saturated rings. The van der Waals surface area contributed by atoms with Crippen LogP contribution in [0.4, 0.5) is 0 Å². The van der Waals surface area contributed by atoms with Gasteiger partial charge in [-0.3, -0.25) is 13.9 Å². The van der Waals surface area contributed by atoms with Gasteiger partial charge in [-0.05, 0) is 13.3 Å². The summed E-state index contributed by atoms with van der Waals surface area (Å²) >= 11 is 0. The SMILES string of the molecule is CC(CCC(=O)O)N1CCS(=O)CC1. The van der Waals surface area contributed by atoms with E-state index in [1.54, 1.807) is 0 Å². The molecule has 0 aromatic rings. The second-order valence-electron chi connectivity index (χ2n) is 3.67. The van der Waals surface area contributed by atoms with Gasteiger partial charge in [-0.15, -0.1) is 0 Å². The second kappa shape index (κ2) is 5.46. The van der Waals surface area contributed by atoms with E-state index in [2.05, 4.69) is 4.90 Å². The van der Waals surface area contributed by atoms with Crippen LogP contribution in [0.2, 0.25) is 0 Å². The van der Waals surface area contributed by atoms with Gasteiger partial charge in [0.15, 0.2) is 0 Å². The predicted octanol–water partition coefficient (Wildman–Crippen LogP) is 0.304. The predicted molar refractivity (Wildman–Crippen MR) is 55.8 cm³/mol. The molecule has 0 bridgehead atoms. The van der Waals surface area contributed by atoms with Crippen molar-refractivity contribution in [1.82, 2.24) is 4.90 Å². The van der Waals surface area contributed by atoms with Crippen LogP contribution in [0.25, 0.3) is 0 Å². The summed E-state index contributed by atoms with van der Waals surface area (Å²) in [4.78, 5) is 12.6. The Labute approximate surface area is 86.7 Å². The van der Waals surface area contributed by atoms with Crippen molar-refractivity contribution in [3.63, 3.8) is 0 Å². The molecule has 1 N–H and O–H groups in total. The van der Waals surface area contributed by atoms with E-state index in [9.17, 15) is 9.00 Å². The Bertz CT molecular complexity index is 222. The third-order valence-electron chi connectivity index (χ3n) is 2.61. The maximum Gasteiger partial charge on any atom is 0.303 e. The van der Waals surface area contributed by atoms with Gasteiger partial charge in [0.2, 0.25) is 0 Å². The molecule has 1 aliphatic rings. The van der Waals surface area contributed by atoms with Crippen LogP contribution in [-0.4, -0.2) is 50.8 Å². The lowest BCUT2D eigenvalue weighted by Gasteiger charge is -2.31. The molecule has 1 rings (SSSR count). The topological polar surface area (TPSA) is 57.6 Å². The summed E-state index contributed by atoms with van der Waals surface area (Å²) in [6, 6.07) is 0.295. The van der Waals surface area contributed by atoms with Crippen molar-refractivity contribution in [2.24, 2.45) is 0 Å². The molecule has 1 atom stereocenters. The van der Waals surface area contributed by atoms with Crippen LogP contribution in [0.5, 0.6) is 0 Å². The van der Waals surface area contributed by atoms with Crippen molar-refractivity contribution in [2.75, 3.05) is 24.6 Å². The van der Waals surface area contributed by atoms with E-state index in [4.69, 9.17) is 5.11 Å². The Balaban J connectivity index is 2.26. The molecule has 1 aliphatic heterocycles. The monoisotopic (exact) mass is 219 g/mol. The summed E-state index contributed by atoms with van der Waals surface area (Å²) in [5.74, 6) is 0.729. The van der Waals surface area contributed by atoms with Crippen molar-refractivity contribution >= 4 is 16.8 Å². The van der Waals surface area contributed by atoms with Crippen LogP contribution < -0.4 is 0 Å². The van der Waals surface area contributed by atoms with Gasteiger partial charge in [0.05, 0.1) is 0 Å². The van der Waals surface area contributed by atoms with Crippen LogP contribution in [0.3, 0.4) is 0 Å². The van der Waals surface area contributed by atoms with Crippen LogP contribution in [0.15, 0.2) is 0 Å². The average Bonchev–Trinajstić information content (AvgIpc) is 2.15. The quantitative estimate of drug-likeness (QED) is 0.739. The molecule has 1 unspecified atom stereocenters. The van der Waals surface area contributed by atoms with Gasteiger partial charge in [-0.2, -0.15) is 0 Å². The molecule has 82 valence electrons. The Morgan fingerprint density at radius 2 is 2.07 bits per heavy atom. The second-order valence-corrected chi connectivity index (χ2v) is 5.36. The van der Waals surface area contributed by atoms with Crippen LogP contribution in [-0.2, 0) is 15.6 Å². The highest BCUT2D eigenvalue weighted by molar-refractivity contribution is 7.85. The third-order valence-corrected chi connectivity index (χ3v) is 3.89. The van der Waals surface area contributed by atoms with E-state index < -0.39 is 16.8 Å². The van der Waals surface area contributed by atoms with Crippen molar-refractivity contribution in [2.45, 2.75) is 25.8 Å². The molecule has 0 aromatic carbocycles. The van der Waals surface area contributed by atoms with Crippen molar-refractivity contribution in [1.29, 1.82) is 0 Å². The number of hydrogen-bond acceptors (Lipinski definition) is 3. The van der Waals surface area contributed by atoms with Gasteiger partial charge >= 0.3 is 5.97 Å². The molecular formula is C9H17NO3S. The van der Waals surface area contributed by atoms with Gasteiger partial charge in [-0.1, -0.05) is 0 Å². The number of aliphatic carboxylic acids is 1. The molecule has 1 saturated heterocycles. The fourth-order valence-corrected chi connectivity index (χ4v) is 2.69. The standard InChI is InChI=1S/C9H17NO3S/c1-8(2-3-9(11)12)10-4-6-14(13)7-5-10/h8H,2-7H2,1H3,(H,11,12). The van der Waals surface area contributed by atoms with Crippen molar-refractivity contribution in [3.8, 4) is 0 Å². The molecule has 14 heavy (non-hydrogen) atoms. The highest BCUT2D eigenvalue weighted by Gasteiger charge is 2.20. The lowest BCUT2D eigenvalue weighted by molar-refractivity contribution is -0.137. The summed E-state index contributed by atoms with van der Waals surface area (Å²) in [6.45, 7) is 3.72. The summed E-state index contributed by atoms with van der Waals surface area (Å²) in [5, 5.41) is 8.54. The Morgan fingerprint density at radius 3 is 2.57 bits per heavy atom. The molecule has 0 spiro atoms. The first-order chi connectivity index (χ1) is 6.59. The first-order valence-corrected chi connectivity index (χ1v) is 6.39. The van der Waals surface area contributed by atoms with Gasteiger partial charge in [0, 0.05) is 47.9 Å². The maximum absolute atomic E-state index is 11.1. The first-order valence-electron chi connectivity index (χ1n) is 4.90. The zero-order valence-electron chi connectivity index (χ0n) is 8.44. The molecular weight excluding hydrogens is 202 g/mol. The zero-order valence-corrected chi connectivity index (χ0v) is 9.26. The van der Waals surface area contributed by atoms with E-state index in [0.717, 1.165) is 24.6 Å². The lowest BCUT2D eigenvalue weighted by atomic mass is 10.1. The van der Waals surface area contributed by atoms with E-state index in [1.807, 2.05) is 6.92 Å². The maximum atomic E-state index is 11.1. The number of rotatable bonds is 4. The van der Waals surface area contributed by atoms with Crippen LogP contribution >= 0.6 is 0 Å². The van der Waals surface area contributed by atoms with Gasteiger partial charge in [0.1, 0.15) is 0 Å². The van der Waals surface area contributed by atoms with E-state index in [-0.39, 0.29) is 6.42 Å². The van der Waals surface area contributed by atoms with E-state index >= 15 is 0 Å². The minimum absolute atomic E-state index is 0.223. The number of carboxylic acid groups (broad SMARTS) is 1. The molecule has 5 heteroatoms. The Hall–Kier alpha value is -0.420. The van der Waals surface area contributed by atoms with Crippen molar-refractivity contribution in [3.05, 3.63) is 0 Å². The molecule has 0 aromatic heterocycles. The fourth-order valence-electron chi connectivity index (χ4n) is 1.61. The molecule has 0 aliphatic carbocycles. The summed E-state index contributed by atoms with van der Waals surface area (Å²) in [7, 11) is -0.648. The molecule has 0 amide bonds. The zero-order chi connectivity index (χ0) is 10.6. The Kier molecular flexibility index (Phi) is 4.54. The normalized spacial score (nSPS) is 22.1.